The van der Waals surface area contributed by atoms with Gasteiger partial charge in [-0.05, 0) is 36.8 Å². The fourth-order valence-electron chi connectivity index (χ4n) is 2.97. The Hall–Kier alpha value is -2.82. The van der Waals surface area contributed by atoms with E-state index < -0.39 is 0 Å². The van der Waals surface area contributed by atoms with Gasteiger partial charge in [0.25, 0.3) is 5.91 Å². The van der Waals surface area contributed by atoms with Gasteiger partial charge in [0, 0.05) is 16.8 Å². The van der Waals surface area contributed by atoms with Gasteiger partial charge in [0.1, 0.15) is 17.2 Å². The number of carbonyl (C=O) groups excluding carboxylic acids is 1. The third kappa shape index (κ3) is 3.29. The van der Waals surface area contributed by atoms with E-state index in [1.807, 2.05) is 60.0 Å². The lowest BCUT2D eigenvalue weighted by molar-refractivity contribution is 0.102. The van der Waals surface area contributed by atoms with Crippen LogP contribution in [0.3, 0.4) is 0 Å². The maximum atomic E-state index is 12.9. The smallest absolute Gasteiger partial charge is 0.258 e. The van der Waals surface area contributed by atoms with Crippen molar-refractivity contribution in [2.24, 2.45) is 0 Å². The summed E-state index contributed by atoms with van der Waals surface area (Å²) < 4.78 is 1.87. The van der Waals surface area contributed by atoms with Crippen molar-refractivity contribution in [1.29, 1.82) is 0 Å². The molecular weight excluding hydrogens is 381 g/mol. The van der Waals surface area contributed by atoms with Crippen molar-refractivity contribution in [3.05, 3.63) is 88.0 Å². The molecule has 0 fully saturated rings. The van der Waals surface area contributed by atoms with Crippen molar-refractivity contribution in [3.8, 4) is 11.3 Å². The molecule has 0 atom stereocenters. The molecule has 4 rings (SSSR count). The van der Waals surface area contributed by atoms with E-state index in [9.17, 15) is 4.79 Å². The number of amides is 1. The molecule has 0 spiro atoms. The van der Waals surface area contributed by atoms with E-state index in [4.69, 9.17) is 28.2 Å². The number of fused-ring (bicyclic) bond motifs is 1. The number of aromatic nitrogens is 2. The molecule has 0 radical (unpaired) electrons. The van der Waals surface area contributed by atoms with Crippen LogP contribution in [0.4, 0.5) is 5.82 Å². The summed E-state index contributed by atoms with van der Waals surface area (Å²) in [5, 5.41) is 3.74. The minimum Gasteiger partial charge on any atom is -0.306 e. The maximum absolute atomic E-state index is 12.9. The topological polar surface area (TPSA) is 46.4 Å². The fourth-order valence-corrected chi connectivity index (χ4v) is 3.34. The zero-order valence-electron chi connectivity index (χ0n) is 14.4. The van der Waals surface area contributed by atoms with Crippen LogP contribution in [-0.2, 0) is 0 Å². The number of carbonyl (C=O) groups is 1. The Bertz CT molecular complexity index is 1150. The number of halogens is 2. The molecule has 0 aliphatic carbocycles. The van der Waals surface area contributed by atoms with E-state index in [2.05, 4.69) is 5.32 Å². The summed E-state index contributed by atoms with van der Waals surface area (Å²) in [5.41, 5.74) is 3.70. The minimum absolute atomic E-state index is 0.311. The van der Waals surface area contributed by atoms with Gasteiger partial charge in [-0.15, -0.1) is 0 Å². The van der Waals surface area contributed by atoms with Crippen LogP contribution in [-0.4, -0.2) is 15.3 Å². The maximum Gasteiger partial charge on any atom is 0.258 e. The molecule has 0 aliphatic rings. The summed E-state index contributed by atoms with van der Waals surface area (Å²) in [5.74, 6) is 0.240. The molecule has 1 amide bonds. The first-order chi connectivity index (χ1) is 13.0. The molecule has 2 aromatic carbocycles. The Labute approximate surface area is 166 Å². The predicted molar refractivity (Wildman–Crippen MR) is 110 cm³/mol. The van der Waals surface area contributed by atoms with Crippen LogP contribution in [0, 0.1) is 6.92 Å². The molecule has 0 unspecified atom stereocenters. The number of nitrogens with one attached hydrogen (secondary N) is 1. The van der Waals surface area contributed by atoms with E-state index in [1.165, 1.54) is 0 Å². The molecule has 134 valence electrons. The standard InChI is InChI=1S/C21H15Cl2N3O/c1-13-6-5-11-26-19(13)24-18(14-7-3-2-4-8-14)20(26)25-21(27)16-12-15(22)9-10-17(16)23/h2-12H,1H3,(H,25,27). The fraction of sp³-hybridized carbons (Fsp3) is 0.0476. The van der Waals surface area contributed by atoms with Crippen molar-refractivity contribution in [3.63, 3.8) is 0 Å². The van der Waals surface area contributed by atoms with E-state index >= 15 is 0 Å². The summed E-state index contributed by atoms with van der Waals surface area (Å²) in [4.78, 5) is 17.7. The Morgan fingerprint density at radius 2 is 1.81 bits per heavy atom. The van der Waals surface area contributed by atoms with E-state index in [-0.39, 0.29) is 5.91 Å². The van der Waals surface area contributed by atoms with Crippen molar-refractivity contribution in [2.45, 2.75) is 6.92 Å². The van der Waals surface area contributed by atoms with E-state index in [1.54, 1.807) is 18.2 Å². The molecule has 0 aliphatic heterocycles. The van der Waals surface area contributed by atoms with Gasteiger partial charge in [-0.2, -0.15) is 0 Å². The molecule has 2 aromatic heterocycles. The molecule has 6 heteroatoms. The lowest BCUT2D eigenvalue weighted by atomic mass is 10.1. The van der Waals surface area contributed by atoms with Crippen LogP contribution in [0.25, 0.3) is 16.9 Å². The van der Waals surface area contributed by atoms with Gasteiger partial charge in [-0.1, -0.05) is 59.6 Å². The van der Waals surface area contributed by atoms with Crippen LogP contribution in [0.1, 0.15) is 15.9 Å². The van der Waals surface area contributed by atoms with Crippen LogP contribution < -0.4 is 5.32 Å². The zero-order valence-corrected chi connectivity index (χ0v) is 15.9. The molecular formula is C21H15Cl2N3O. The molecule has 27 heavy (non-hydrogen) atoms. The van der Waals surface area contributed by atoms with Gasteiger partial charge < -0.3 is 5.32 Å². The second-order valence-electron chi connectivity index (χ2n) is 6.14. The Morgan fingerprint density at radius 3 is 2.59 bits per heavy atom. The minimum atomic E-state index is -0.344. The molecule has 0 saturated carbocycles. The van der Waals surface area contributed by atoms with Gasteiger partial charge in [-0.3, -0.25) is 9.20 Å². The quantitative estimate of drug-likeness (QED) is 0.471. The Balaban J connectivity index is 1.86. The number of pyridine rings is 1. The Kier molecular flexibility index (Phi) is 4.60. The second kappa shape index (κ2) is 7.06. The predicted octanol–water partition coefficient (Wildman–Crippen LogP) is 5.87. The molecule has 2 heterocycles. The summed E-state index contributed by atoms with van der Waals surface area (Å²) in [7, 11) is 0. The van der Waals surface area contributed by atoms with Crippen LogP contribution in [0.2, 0.25) is 10.0 Å². The van der Waals surface area contributed by atoms with Crippen LogP contribution in [0.5, 0.6) is 0 Å². The first-order valence-electron chi connectivity index (χ1n) is 8.34. The average Bonchev–Trinajstić information content (AvgIpc) is 3.04. The number of nitrogens with zero attached hydrogens (tertiary/aromatic N) is 2. The van der Waals surface area contributed by atoms with Gasteiger partial charge in [0.2, 0.25) is 0 Å². The summed E-state index contributed by atoms with van der Waals surface area (Å²) in [6.07, 6.45) is 1.87. The average molecular weight is 396 g/mol. The van der Waals surface area contributed by atoms with Crippen LogP contribution in [0.15, 0.2) is 66.9 Å². The first-order valence-corrected chi connectivity index (χ1v) is 9.09. The highest BCUT2D eigenvalue weighted by atomic mass is 35.5. The number of hydrogen-bond donors (Lipinski definition) is 1. The SMILES string of the molecule is Cc1cccn2c(NC(=O)c3cc(Cl)ccc3Cl)c(-c3ccccc3)nc12. The second-order valence-corrected chi connectivity index (χ2v) is 6.98. The van der Waals surface area contributed by atoms with Crippen molar-refractivity contribution in [1.82, 2.24) is 9.38 Å². The molecule has 0 bridgehead atoms. The zero-order chi connectivity index (χ0) is 19.0. The van der Waals surface area contributed by atoms with Gasteiger partial charge in [-0.25, -0.2) is 4.98 Å². The van der Waals surface area contributed by atoms with Crippen molar-refractivity contribution < 1.29 is 4.79 Å². The third-order valence-electron chi connectivity index (χ3n) is 4.30. The normalized spacial score (nSPS) is 10.9. The summed E-state index contributed by atoms with van der Waals surface area (Å²) in [6, 6.07) is 18.4. The number of imidazole rings is 1. The van der Waals surface area contributed by atoms with E-state index in [0.29, 0.717) is 27.1 Å². The van der Waals surface area contributed by atoms with Gasteiger partial charge >= 0.3 is 0 Å². The largest absolute Gasteiger partial charge is 0.306 e. The highest BCUT2D eigenvalue weighted by Crippen LogP contribution is 2.31. The van der Waals surface area contributed by atoms with Crippen molar-refractivity contribution in [2.75, 3.05) is 5.32 Å². The lowest BCUT2D eigenvalue weighted by Gasteiger charge is -2.09. The molecule has 1 N–H and O–H groups in total. The number of anilines is 1. The number of aryl methyl sites for hydroxylation is 1. The molecule has 4 nitrogen and oxygen atoms in total. The monoisotopic (exact) mass is 395 g/mol. The summed E-state index contributed by atoms with van der Waals surface area (Å²) in [6.45, 7) is 1.98. The highest BCUT2D eigenvalue weighted by Gasteiger charge is 2.19. The van der Waals surface area contributed by atoms with E-state index in [0.717, 1.165) is 16.8 Å². The Morgan fingerprint density at radius 1 is 1.04 bits per heavy atom. The molecule has 0 saturated heterocycles. The highest BCUT2D eigenvalue weighted by molar-refractivity contribution is 6.36. The first kappa shape index (κ1) is 17.6. The number of benzene rings is 2. The number of rotatable bonds is 3. The van der Waals surface area contributed by atoms with Gasteiger partial charge in [0.15, 0.2) is 0 Å². The van der Waals surface area contributed by atoms with Gasteiger partial charge in [0.05, 0.1) is 10.6 Å². The number of hydrogen-bond acceptors (Lipinski definition) is 2. The summed E-state index contributed by atoms with van der Waals surface area (Å²) >= 11 is 12.2. The lowest BCUT2D eigenvalue weighted by Crippen LogP contribution is -2.14. The molecule has 4 aromatic rings. The van der Waals surface area contributed by atoms with Crippen molar-refractivity contribution >= 4 is 40.6 Å². The van der Waals surface area contributed by atoms with Crippen LogP contribution >= 0.6 is 23.2 Å². The third-order valence-corrected chi connectivity index (χ3v) is 4.86.